The molecule has 0 radical (unpaired) electrons. The Kier molecular flexibility index (Phi) is 4.22. The Bertz CT molecular complexity index is 475. The van der Waals surface area contributed by atoms with Gasteiger partial charge < -0.3 is 4.90 Å². The first kappa shape index (κ1) is 13.7. The minimum absolute atomic E-state index is 0.0383. The van der Waals surface area contributed by atoms with Gasteiger partial charge in [0.15, 0.2) is 0 Å². The summed E-state index contributed by atoms with van der Waals surface area (Å²) in [6.45, 7) is 0.638. The minimum atomic E-state index is -0.865. The molecule has 0 unspecified atom stereocenters. The maximum Gasteiger partial charge on any atom is 0.256 e. The van der Waals surface area contributed by atoms with Crippen LogP contribution in [-0.2, 0) is 0 Å². The topological polar surface area (TPSA) is 20.3 Å². The fraction of sp³-hybridized carbons (Fsp3) is 0.417. The van der Waals surface area contributed by atoms with Crippen molar-refractivity contribution in [3.63, 3.8) is 0 Å². The Morgan fingerprint density at radius 3 is 2.61 bits per heavy atom. The second-order valence-corrected chi connectivity index (χ2v) is 5.47. The largest absolute Gasteiger partial charge is 0.338 e. The highest BCUT2D eigenvalue weighted by atomic mass is 79.9. The quantitative estimate of drug-likeness (QED) is 0.713. The summed E-state index contributed by atoms with van der Waals surface area (Å²) in [5.41, 5.74) is -0.0383. The van der Waals surface area contributed by atoms with Gasteiger partial charge >= 0.3 is 0 Å². The molecule has 0 saturated carbocycles. The fourth-order valence-corrected chi connectivity index (χ4v) is 2.40. The first-order valence-electron chi connectivity index (χ1n) is 5.57. The van der Waals surface area contributed by atoms with Crippen LogP contribution in [0.4, 0.5) is 8.78 Å². The maximum atomic E-state index is 13.7. The van der Waals surface area contributed by atoms with E-state index in [0.717, 1.165) is 6.07 Å². The first-order chi connectivity index (χ1) is 8.49. The van der Waals surface area contributed by atoms with Gasteiger partial charge in [-0.05, 0) is 40.9 Å². The number of alkyl halides is 1. The van der Waals surface area contributed by atoms with Crippen molar-refractivity contribution in [2.45, 2.75) is 19.0 Å². The van der Waals surface area contributed by atoms with Crippen molar-refractivity contribution in [1.29, 1.82) is 0 Å². The van der Waals surface area contributed by atoms with Crippen molar-refractivity contribution in [1.82, 2.24) is 4.90 Å². The van der Waals surface area contributed by atoms with E-state index >= 15 is 0 Å². The molecule has 0 aromatic heterocycles. The van der Waals surface area contributed by atoms with Crippen LogP contribution >= 0.6 is 27.5 Å². The van der Waals surface area contributed by atoms with E-state index in [-0.39, 0.29) is 10.6 Å². The average molecular weight is 339 g/mol. The molecule has 0 bridgehead atoms. The predicted molar refractivity (Wildman–Crippen MR) is 69.1 cm³/mol. The third-order valence-electron chi connectivity index (χ3n) is 2.95. The van der Waals surface area contributed by atoms with Crippen molar-refractivity contribution in [3.8, 4) is 0 Å². The van der Waals surface area contributed by atoms with Crippen LogP contribution in [0.5, 0.6) is 0 Å². The van der Waals surface area contributed by atoms with E-state index in [1.165, 1.54) is 11.0 Å². The summed E-state index contributed by atoms with van der Waals surface area (Å²) >= 11 is 8.89. The standard InChI is InChI=1S/C12H11BrClF2NO/c13-9-5-8(11(16)6-10(9)14)12(18)17-3-1-7(15)2-4-17/h5-7H,1-4H2. The number of piperidine rings is 1. The molecule has 0 N–H and O–H groups in total. The lowest BCUT2D eigenvalue weighted by atomic mass is 10.1. The molecule has 1 aliphatic heterocycles. The molecule has 98 valence electrons. The maximum absolute atomic E-state index is 13.7. The Labute approximate surface area is 117 Å². The van der Waals surface area contributed by atoms with Gasteiger partial charge in [-0.2, -0.15) is 0 Å². The fourth-order valence-electron chi connectivity index (χ4n) is 1.91. The van der Waals surface area contributed by atoms with Crippen LogP contribution in [0.3, 0.4) is 0 Å². The molecule has 1 aliphatic rings. The lowest BCUT2D eigenvalue weighted by molar-refractivity contribution is 0.0662. The van der Waals surface area contributed by atoms with Crippen LogP contribution in [0, 0.1) is 5.82 Å². The number of nitrogens with zero attached hydrogens (tertiary/aromatic N) is 1. The van der Waals surface area contributed by atoms with E-state index in [0.29, 0.717) is 30.4 Å². The van der Waals surface area contributed by atoms with Crippen LogP contribution in [-0.4, -0.2) is 30.1 Å². The lowest BCUT2D eigenvalue weighted by Gasteiger charge is -2.28. The predicted octanol–water partition coefficient (Wildman–Crippen LogP) is 3.82. The Hall–Kier alpha value is -0.680. The second-order valence-electron chi connectivity index (χ2n) is 4.21. The van der Waals surface area contributed by atoms with Gasteiger partial charge in [0.25, 0.3) is 5.91 Å². The number of carbonyl (C=O) groups is 1. The summed E-state index contributed by atoms with van der Waals surface area (Å²) in [4.78, 5) is 13.6. The minimum Gasteiger partial charge on any atom is -0.338 e. The van der Waals surface area contributed by atoms with Gasteiger partial charge in [-0.15, -0.1) is 0 Å². The number of halogens is 4. The van der Waals surface area contributed by atoms with Crippen molar-refractivity contribution in [3.05, 3.63) is 33.0 Å². The lowest BCUT2D eigenvalue weighted by Crippen LogP contribution is -2.39. The molecule has 1 aromatic rings. The van der Waals surface area contributed by atoms with E-state index in [4.69, 9.17) is 11.6 Å². The number of amides is 1. The van der Waals surface area contributed by atoms with E-state index < -0.39 is 17.9 Å². The van der Waals surface area contributed by atoms with Gasteiger partial charge in [0.05, 0.1) is 10.6 Å². The summed E-state index contributed by atoms with van der Waals surface area (Å²) in [5.74, 6) is -1.08. The Morgan fingerprint density at radius 2 is 2.00 bits per heavy atom. The molecule has 0 atom stereocenters. The molecular formula is C12H11BrClF2NO. The van der Waals surface area contributed by atoms with Crippen molar-refractivity contribution in [2.75, 3.05) is 13.1 Å². The molecule has 0 aliphatic carbocycles. The van der Waals surface area contributed by atoms with E-state index in [1.54, 1.807) is 0 Å². The third kappa shape index (κ3) is 2.83. The third-order valence-corrected chi connectivity index (χ3v) is 4.15. The molecule has 1 fully saturated rings. The monoisotopic (exact) mass is 337 g/mol. The van der Waals surface area contributed by atoms with Gasteiger partial charge in [-0.3, -0.25) is 4.79 Å². The molecule has 1 amide bonds. The van der Waals surface area contributed by atoms with Crippen LogP contribution in [0.2, 0.25) is 5.02 Å². The van der Waals surface area contributed by atoms with Gasteiger partial charge in [-0.25, -0.2) is 8.78 Å². The average Bonchev–Trinajstić information content (AvgIpc) is 2.34. The Morgan fingerprint density at radius 1 is 1.39 bits per heavy atom. The summed E-state index contributed by atoms with van der Waals surface area (Å²) in [7, 11) is 0. The van der Waals surface area contributed by atoms with Crippen molar-refractivity contribution < 1.29 is 13.6 Å². The second kappa shape index (κ2) is 5.53. The number of hydrogen-bond acceptors (Lipinski definition) is 1. The number of benzene rings is 1. The zero-order valence-electron chi connectivity index (χ0n) is 9.43. The van der Waals surface area contributed by atoms with E-state index in [9.17, 15) is 13.6 Å². The number of rotatable bonds is 1. The zero-order valence-corrected chi connectivity index (χ0v) is 11.8. The van der Waals surface area contributed by atoms with Crippen LogP contribution < -0.4 is 0 Å². The smallest absolute Gasteiger partial charge is 0.256 e. The summed E-state index contributed by atoms with van der Waals surface area (Å²) < 4.78 is 27.1. The highest BCUT2D eigenvalue weighted by Crippen LogP contribution is 2.27. The molecule has 2 rings (SSSR count). The normalized spacial score (nSPS) is 17.0. The first-order valence-corrected chi connectivity index (χ1v) is 6.74. The van der Waals surface area contributed by atoms with Crippen molar-refractivity contribution in [2.24, 2.45) is 0 Å². The van der Waals surface area contributed by atoms with Crippen molar-refractivity contribution >= 4 is 33.4 Å². The number of carbonyl (C=O) groups excluding carboxylic acids is 1. The molecule has 1 heterocycles. The number of likely N-dealkylation sites (tertiary alicyclic amines) is 1. The molecule has 1 saturated heterocycles. The molecule has 2 nitrogen and oxygen atoms in total. The van der Waals surface area contributed by atoms with Crippen LogP contribution in [0.1, 0.15) is 23.2 Å². The van der Waals surface area contributed by atoms with E-state index in [1.807, 2.05) is 0 Å². The zero-order chi connectivity index (χ0) is 13.3. The molecule has 6 heteroatoms. The molecule has 18 heavy (non-hydrogen) atoms. The summed E-state index contributed by atoms with van der Waals surface area (Å²) in [6.07, 6.45) is -0.250. The highest BCUT2D eigenvalue weighted by Gasteiger charge is 2.25. The summed E-state index contributed by atoms with van der Waals surface area (Å²) in [6, 6.07) is 2.46. The van der Waals surface area contributed by atoms with Gasteiger partial charge in [0, 0.05) is 17.6 Å². The van der Waals surface area contributed by atoms with Gasteiger partial charge in [0.2, 0.25) is 0 Å². The SMILES string of the molecule is O=C(c1cc(Br)c(Cl)cc1F)N1CCC(F)CC1. The molecule has 0 spiro atoms. The number of hydrogen-bond donors (Lipinski definition) is 0. The van der Waals surface area contributed by atoms with Gasteiger partial charge in [-0.1, -0.05) is 11.6 Å². The van der Waals surface area contributed by atoms with Crippen LogP contribution in [0.25, 0.3) is 0 Å². The summed E-state index contributed by atoms with van der Waals surface area (Å²) in [5, 5.41) is 0.214. The van der Waals surface area contributed by atoms with E-state index in [2.05, 4.69) is 15.9 Å². The Balaban J connectivity index is 2.21. The van der Waals surface area contributed by atoms with Gasteiger partial charge in [0.1, 0.15) is 12.0 Å². The molecule has 1 aromatic carbocycles. The highest BCUT2D eigenvalue weighted by molar-refractivity contribution is 9.10. The van der Waals surface area contributed by atoms with Crippen LogP contribution in [0.15, 0.2) is 16.6 Å². The molecular weight excluding hydrogens is 327 g/mol.